The fourth-order valence-electron chi connectivity index (χ4n) is 4.80. The Morgan fingerprint density at radius 2 is 1.91 bits per heavy atom. The molecule has 1 fully saturated rings. The fourth-order valence-corrected chi connectivity index (χ4v) is 6.48. The highest BCUT2D eigenvalue weighted by molar-refractivity contribution is 7.91. The Bertz CT molecular complexity index is 1360. The molecule has 0 spiro atoms. The molecule has 1 atom stereocenters. The third-order valence-corrected chi connectivity index (χ3v) is 8.19. The smallest absolute Gasteiger partial charge is 0.252 e. The van der Waals surface area contributed by atoms with Crippen molar-refractivity contribution in [2.45, 2.75) is 31.7 Å². The van der Waals surface area contributed by atoms with Crippen LogP contribution in [0.1, 0.15) is 46.4 Å². The number of ether oxygens (including phenoxy) is 1. The number of carbonyl (C=O) groups excluding carboxylic acids is 1. The zero-order valence-electron chi connectivity index (χ0n) is 18.5. The van der Waals surface area contributed by atoms with Gasteiger partial charge in [-0.05, 0) is 66.7 Å². The Morgan fingerprint density at radius 1 is 1.12 bits per heavy atom. The lowest BCUT2D eigenvalue weighted by molar-refractivity contribution is 0.0941. The van der Waals surface area contributed by atoms with Crippen molar-refractivity contribution in [3.05, 3.63) is 70.9 Å². The summed E-state index contributed by atoms with van der Waals surface area (Å²) < 4.78 is 29.0. The van der Waals surface area contributed by atoms with Gasteiger partial charge in [0.25, 0.3) is 5.91 Å². The van der Waals surface area contributed by atoms with Crippen LogP contribution in [0.3, 0.4) is 0 Å². The molecule has 170 valence electrons. The molecule has 3 aromatic rings. The third-order valence-electron chi connectivity index (χ3n) is 6.42. The highest BCUT2D eigenvalue weighted by Gasteiger charge is 2.31. The van der Waals surface area contributed by atoms with Gasteiger partial charge in [-0.1, -0.05) is 30.3 Å². The molecule has 1 aliphatic carbocycles. The first-order valence-corrected chi connectivity index (χ1v) is 13.0. The molecule has 1 aliphatic heterocycles. The number of pyridine rings is 1. The van der Waals surface area contributed by atoms with E-state index in [2.05, 4.69) is 11.4 Å². The van der Waals surface area contributed by atoms with Gasteiger partial charge in [-0.25, -0.2) is 13.4 Å². The molecule has 2 aromatic carbocycles. The summed E-state index contributed by atoms with van der Waals surface area (Å²) in [5.41, 5.74) is 5.35. The van der Waals surface area contributed by atoms with E-state index in [9.17, 15) is 13.2 Å². The SMILES string of the molecule is COc1ccc(/C=C2\CCCc3c2nc2ccccc2c3C(=O)NC2CCS(=O)(=O)C2)cc1. The van der Waals surface area contributed by atoms with Gasteiger partial charge >= 0.3 is 0 Å². The van der Waals surface area contributed by atoms with E-state index >= 15 is 0 Å². The number of hydrogen-bond acceptors (Lipinski definition) is 5. The predicted octanol–water partition coefficient (Wildman–Crippen LogP) is 4.04. The van der Waals surface area contributed by atoms with Gasteiger partial charge in [0.2, 0.25) is 0 Å². The maximum absolute atomic E-state index is 13.5. The summed E-state index contributed by atoms with van der Waals surface area (Å²) in [5, 5.41) is 3.80. The molecule has 1 N–H and O–H groups in total. The summed E-state index contributed by atoms with van der Waals surface area (Å²) in [7, 11) is -1.43. The van der Waals surface area contributed by atoms with Crippen LogP contribution in [0.15, 0.2) is 48.5 Å². The minimum absolute atomic E-state index is 0.00652. The lowest BCUT2D eigenvalue weighted by Crippen LogP contribution is -2.36. The molecule has 33 heavy (non-hydrogen) atoms. The van der Waals surface area contributed by atoms with E-state index in [1.165, 1.54) is 0 Å². The van der Waals surface area contributed by atoms with Gasteiger partial charge in [-0.3, -0.25) is 4.79 Å². The molecule has 2 aliphatic rings. The zero-order valence-corrected chi connectivity index (χ0v) is 19.3. The quantitative estimate of drug-likeness (QED) is 0.633. The van der Waals surface area contributed by atoms with Crippen molar-refractivity contribution < 1.29 is 17.9 Å². The molecule has 0 saturated carbocycles. The molecular formula is C26H26N2O4S. The maximum atomic E-state index is 13.5. The highest BCUT2D eigenvalue weighted by Crippen LogP contribution is 2.36. The minimum atomic E-state index is -3.08. The first-order chi connectivity index (χ1) is 15.9. The number of hydrogen-bond donors (Lipinski definition) is 1. The number of methoxy groups -OCH3 is 1. The van der Waals surface area contributed by atoms with Gasteiger partial charge in [-0.2, -0.15) is 0 Å². The fraction of sp³-hybridized carbons (Fsp3) is 0.308. The topological polar surface area (TPSA) is 85.4 Å². The number of carbonyl (C=O) groups is 1. The molecule has 1 unspecified atom stereocenters. The Balaban J connectivity index is 1.58. The Morgan fingerprint density at radius 3 is 2.64 bits per heavy atom. The summed E-state index contributed by atoms with van der Waals surface area (Å²) in [6.45, 7) is 0. The molecule has 1 amide bonds. The van der Waals surface area contributed by atoms with Crippen molar-refractivity contribution in [2.24, 2.45) is 0 Å². The van der Waals surface area contributed by atoms with Crippen LogP contribution >= 0.6 is 0 Å². The first-order valence-electron chi connectivity index (χ1n) is 11.2. The summed E-state index contributed by atoms with van der Waals surface area (Å²) >= 11 is 0. The van der Waals surface area contributed by atoms with E-state index in [4.69, 9.17) is 9.72 Å². The molecule has 0 bridgehead atoms. The van der Waals surface area contributed by atoms with Crippen LogP contribution in [0.4, 0.5) is 0 Å². The summed E-state index contributed by atoms with van der Waals surface area (Å²) in [5.74, 6) is 0.727. The molecule has 6 nitrogen and oxygen atoms in total. The Kier molecular flexibility index (Phi) is 5.66. The lowest BCUT2D eigenvalue weighted by atomic mass is 9.85. The van der Waals surface area contributed by atoms with E-state index in [1.807, 2.05) is 48.5 Å². The van der Waals surface area contributed by atoms with Crippen molar-refractivity contribution in [3.63, 3.8) is 0 Å². The number of allylic oxidation sites excluding steroid dienone is 1. The van der Waals surface area contributed by atoms with Crippen LogP contribution in [0.2, 0.25) is 0 Å². The molecule has 7 heteroatoms. The lowest BCUT2D eigenvalue weighted by Gasteiger charge is -2.23. The minimum Gasteiger partial charge on any atom is -0.497 e. The number of fused-ring (bicyclic) bond motifs is 2. The maximum Gasteiger partial charge on any atom is 0.252 e. The molecule has 1 aromatic heterocycles. The average Bonchev–Trinajstić information content (AvgIpc) is 3.16. The normalized spacial score (nSPS) is 20.5. The molecule has 0 radical (unpaired) electrons. The van der Waals surface area contributed by atoms with Crippen LogP contribution in [0, 0.1) is 0 Å². The number of amides is 1. The highest BCUT2D eigenvalue weighted by atomic mass is 32.2. The van der Waals surface area contributed by atoms with Crippen LogP contribution in [0.5, 0.6) is 5.75 Å². The van der Waals surface area contributed by atoms with E-state index in [0.717, 1.165) is 58.3 Å². The van der Waals surface area contributed by atoms with E-state index in [1.54, 1.807) is 7.11 Å². The standard InChI is InChI=1S/C26H26N2O4S/c1-32-20-11-9-17(10-12-20)15-18-5-4-7-22-24(21-6-2-3-8-23(21)28-25(18)22)26(29)27-19-13-14-33(30,31)16-19/h2-3,6,8-12,15,19H,4-5,7,13-14,16H2,1H3,(H,27,29)/b18-15+. The van der Waals surface area contributed by atoms with Crippen molar-refractivity contribution in [2.75, 3.05) is 18.6 Å². The average molecular weight is 463 g/mol. The van der Waals surface area contributed by atoms with Crippen LogP contribution in [-0.2, 0) is 16.3 Å². The second kappa shape index (κ2) is 8.63. The van der Waals surface area contributed by atoms with Crippen LogP contribution in [0.25, 0.3) is 22.6 Å². The van der Waals surface area contributed by atoms with Crippen molar-refractivity contribution in [1.82, 2.24) is 10.3 Å². The number of benzene rings is 2. The van der Waals surface area contributed by atoms with Gasteiger partial charge in [0.1, 0.15) is 5.75 Å². The van der Waals surface area contributed by atoms with Crippen molar-refractivity contribution >= 4 is 38.3 Å². The summed E-state index contributed by atoms with van der Waals surface area (Å²) in [4.78, 5) is 18.4. The van der Waals surface area contributed by atoms with Gasteiger partial charge in [0.15, 0.2) is 9.84 Å². The van der Waals surface area contributed by atoms with E-state index in [-0.39, 0.29) is 23.5 Å². The second-order valence-electron chi connectivity index (χ2n) is 8.70. The number of nitrogens with zero attached hydrogens (tertiary/aromatic N) is 1. The first kappa shape index (κ1) is 21.6. The van der Waals surface area contributed by atoms with E-state index in [0.29, 0.717) is 12.0 Å². The molecule has 1 saturated heterocycles. The number of rotatable bonds is 4. The predicted molar refractivity (Wildman–Crippen MR) is 130 cm³/mol. The van der Waals surface area contributed by atoms with Crippen molar-refractivity contribution in [1.29, 1.82) is 0 Å². The van der Waals surface area contributed by atoms with Crippen LogP contribution < -0.4 is 10.1 Å². The number of aromatic nitrogens is 1. The Hall–Kier alpha value is -3.19. The molecule has 2 heterocycles. The number of sulfone groups is 1. The number of para-hydroxylation sites is 1. The zero-order chi connectivity index (χ0) is 23.0. The molecule has 5 rings (SSSR count). The monoisotopic (exact) mass is 462 g/mol. The van der Waals surface area contributed by atoms with Crippen molar-refractivity contribution in [3.8, 4) is 5.75 Å². The van der Waals surface area contributed by atoms with Gasteiger partial charge < -0.3 is 10.1 Å². The van der Waals surface area contributed by atoms with Crippen LogP contribution in [-0.4, -0.2) is 44.0 Å². The third kappa shape index (κ3) is 4.37. The van der Waals surface area contributed by atoms with Gasteiger partial charge in [0.05, 0.1) is 35.4 Å². The Labute approximate surface area is 193 Å². The van der Waals surface area contributed by atoms with Gasteiger partial charge in [-0.15, -0.1) is 0 Å². The molecular weight excluding hydrogens is 436 g/mol. The summed E-state index contributed by atoms with van der Waals surface area (Å²) in [6, 6.07) is 15.2. The largest absolute Gasteiger partial charge is 0.497 e. The second-order valence-corrected chi connectivity index (χ2v) is 10.9. The van der Waals surface area contributed by atoms with E-state index < -0.39 is 9.84 Å². The summed E-state index contributed by atoms with van der Waals surface area (Å²) in [6.07, 6.45) is 5.16. The van der Waals surface area contributed by atoms with Gasteiger partial charge in [0, 0.05) is 11.4 Å². The number of nitrogens with one attached hydrogen (secondary N) is 1.